The van der Waals surface area contributed by atoms with Crippen molar-refractivity contribution in [3.05, 3.63) is 164 Å². The second-order valence-corrected chi connectivity index (χ2v) is 12.1. The number of anilines is 6. The Morgan fingerprint density at radius 1 is 0.391 bits per heavy atom. The van der Waals surface area contributed by atoms with Crippen molar-refractivity contribution in [3.8, 4) is 11.1 Å². The summed E-state index contributed by atoms with van der Waals surface area (Å²) in [5.74, 6) is 0. The third-order valence-electron chi connectivity index (χ3n) is 9.65. The summed E-state index contributed by atoms with van der Waals surface area (Å²) in [6, 6.07) is 58.9. The second kappa shape index (κ2) is 9.75. The maximum absolute atomic E-state index is 6.39. The van der Waals surface area contributed by atoms with E-state index in [1.807, 2.05) is 6.07 Å². The SMILES string of the molecule is c1ccc(N2c3ccccc3B3c4c(-c5cccc6oc7ccccc7c56)cccc4N(c4ccccc4)c4cccc2c43)cc1. The molecule has 2 aliphatic rings. The van der Waals surface area contributed by atoms with Gasteiger partial charge in [-0.25, -0.2) is 0 Å². The maximum Gasteiger partial charge on any atom is 0.252 e. The fraction of sp³-hybridized carbons (Fsp3) is 0. The highest BCUT2D eigenvalue weighted by Gasteiger charge is 2.44. The number of benzene rings is 7. The van der Waals surface area contributed by atoms with E-state index in [2.05, 4.69) is 168 Å². The highest BCUT2D eigenvalue weighted by molar-refractivity contribution is 7.01. The number of fused-ring (bicyclic) bond motifs is 7. The summed E-state index contributed by atoms with van der Waals surface area (Å²) in [7, 11) is 0. The van der Waals surface area contributed by atoms with Crippen molar-refractivity contribution < 1.29 is 4.42 Å². The van der Waals surface area contributed by atoms with Gasteiger partial charge in [0.2, 0.25) is 0 Å². The van der Waals surface area contributed by atoms with Crippen LogP contribution >= 0.6 is 0 Å². The van der Waals surface area contributed by atoms with Crippen LogP contribution in [0.3, 0.4) is 0 Å². The van der Waals surface area contributed by atoms with E-state index in [4.69, 9.17) is 4.42 Å². The van der Waals surface area contributed by atoms with E-state index in [0.29, 0.717) is 0 Å². The fourth-order valence-electron chi connectivity index (χ4n) is 7.87. The zero-order chi connectivity index (χ0) is 30.2. The molecule has 7 aromatic carbocycles. The van der Waals surface area contributed by atoms with Gasteiger partial charge in [0.15, 0.2) is 0 Å². The molecule has 0 radical (unpaired) electrons. The second-order valence-electron chi connectivity index (χ2n) is 12.1. The summed E-state index contributed by atoms with van der Waals surface area (Å²) >= 11 is 0. The highest BCUT2D eigenvalue weighted by Crippen LogP contribution is 2.45. The molecular weight excluding hydrogens is 559 g/mol. The van der Waals surface area contributed by atoms with Gasteiger partial charge < -0.3 is 14.2 Å². The molecule has 1 aromatic heterocycles. The monoisotopic (exact) mass is 586 g/mol. The van der Waals surface area contributed by atoms with Gasteiger partial charge in [-0.1, -0.05) is 103 Å². The van der Waals surface area contributed by atoms with Crippen molar-refractivity contribution in [1.82, 2.24) is 0 Å². The van der Waals surface area contributed by atoms with Gasteiger partial charge in [0.25, 0.3) is 6.71 Å². The van der Waals surface area contributed by atoms with Crippen LogP contribution in [0.15, 0.2) is 168 Å². The molecule has 3 nitrogen and oxygen atoms in total. The Morgan fingerprint density at radius 2 is 0.913 bits per heavy atom. The number of hydrogen-bond acceptors (Lipinski definition) is 3. The van der Waals surface area contributed by atoms with Crippen molar-refractivity contribution in [1.29, 1.82) is 0 Å². The van der Waals surface area contributed by atoms with Crippen LogP contribution in [0.5, 0.6) is 0 Å². The normalized spacial score (nSPS) is 13.1. The molecule has 0 spiro atoms. The van der Waals surface area contributed by atoms with Crippen molar-refractivity contribution in [2.75, 3.05) is 9.80 Å². The molecule has 46 heavy (non-hydrogen) atoms. The van der Waals surface area contributed by atoms with Crippen LogP contribution in [0.1, 0.15) is 0 Å². The molecule has 8 aromatic rings. The third-order valence-corrected chi connectivity index (χ3v) is 9.65. The summed E-state index contributed by atoms with van der Waals surface area (Å²) < 4.78 is 6.39. The number of nitrogens with zero attached hydrogens (tertiary/aromatic N) is 2. The first-order valence-electron chi connectivity index (χ1n) is 15.8. The maximum atomic E-state index is 6.39. The summed E-state index contributed by atoms with van der Waals surface area (Å²) in [5.41, 5.74) is 15.3. The molecule has 3 heterocycles. The lowest BCUT2D eigenvalue weighted by Gasteiger charge is -2.44. The minimum absolute atomic E-state index is 0.0296. The van der Waals surface area contributed by atoms with Crippen LogP contribution in [-0.2, 0) is 0 Å². The van der Waals surface area contributed by atoms with E-state index < -0.39 is 0 Å². The molecule has 0 saturated carbocycles. The Bertz CT molecular complexity index is 2440. The molecule has 0 amide bonds. The Balaban J connectivity index is 1.34. The standard InChI is InChI=1S/C42H27BN2O/c1-3-14-28(15-4-1)44-34-22-9-8-21-33(34)43-41-31(30-19-12-27-39-40(30)32-18-7-10-26-38(32)46-39)20-11-23-35(41)45(29-16-5-2-6-17-29)37-25-13-24-36(44)42(37)43/h1-27H. The van der Waals surface area contributed by atoms with Crippen LogP contribution in [0.2, 0.25) is 0 Å². The van der Waals surface area contributed by atoms with Gasteiger partial charge in [-0.05, 0) is 88.2 Å². The zero-order valence-electron chi connectivity index (χ0n) is 25.0. The Morgan fingerprint density at radius 3 is 1.67 bits per heavy atom. The van der Waals surface area contributed by atoms with E-state index in [9.17, 15) is 0 Å². The van der Waals surface area contributed by atoms with Crippen LogP contribution in [0.25, 0.3) is 33.1 Å². The Kier molecular flexibility index (Phi) is 5.37. The molecule has 4 heteroatoms. The number of para-hydroxylation sites is 4. The van der Waals surface area contributed by atoms with Crippen LogP contribution in [0.4, 0.5) is 34.1 Å². The van der Waals surface area contributed by atoms with Crippen molar-refractivity contribution in [2.45, 2.75) is 0 Å². The Hall–Kier alpha value is -6.00. The largest absolute Gasteiger partial charge is 0.456 e. The lowest BCUT2D eigenvalue weighted by molar-refractivity contribution is 0.669. The predicted molar refractivity (Wildman–Crippen MR) is 193 cm³/mol. The summed E-state index contributed by atoms with van der Waals surface area (Å²) in [4.78, 5) is 4.89. The third kappa shape index (κ3) is 3.50. The van der Waals surface area contributed by atoms with Crippen LogP contribution in [-0.4, -0.2) is 6.71 Å². The first kappa shape index (κ1) is 25.3. The molecule has 214 valence electrons. The van der Waals surface area contributed by atoms with Gasteiger partial charge in [0.1, 0.15) is 11.2 Å². The molecule has 0 N–H and O–H groups in total. The molecule has 0 atom stereocenters. The molecule has 0 bridgehead atoms. The van der Waals surface area contributed by atoms with Crippen LogP contribution in [0, 0.1) is 0 Å². The molecule has 10 rings (SSSR count). The minimum Gasteiger partial charge on any atom is -0.456 e. The van der Waals surface area contributed by atoms with Gasteiger partial charge in [0.05, 0.1) is 0 Å². The fourth-order valence-corrected chi connectivity index (χ4v) is 7.87. The van der Waals surface area contributed by atoms with Crippen molar-refractivity contribution in [2.24, 2.45) is 0 Å². The Labute approximate surface area is 267 Å². The van der Waals surface area contributed by atoms with Crippen molar-refractivity contribution in [3.63, 3.8) is 0 Å². The lowest BCUT2D eigenvalue weighted by Crippen LogP contribution is -2.61. The van der Waals surface area contributed by atoms with Crippen LogP contribution < -0.4 is 26.2 Å². The van der Waals surface area contributed by atoms with E-state index in [-0.39, 0.29) is 6.71 Å². The number of rotatable bonds is 3. The summed E-state index contributed by atoms with van der Waals surface area (Å²) in [6.45, 7) is 0.0296. The van der Waals surface area contributed by atoms with E-state index in [1.54, 1.807) is 0 Å². The summed E-state index contributed by atoms with van der Waals surface area (Å²) in [5, 5.41) is 2.30. The zero-order valence-corrected chi connectivity index (χ0v) is 25.0. The topological polar surface area (TPSA) is 19.6 Å². The van der Waals surface area contributed by atoms with Crippen molar-refractivity contribution >= 4 is 79.2 Å². The average Bonchev–Trinajstić information content (AvgIpc) is 3.51. The average molecular weight is 587 g/mol. The smallest absolute Gasteiger partial charge is 0.252 e. The van der Waals surface area contributed by atoms with Gasteiger partial charge in [-0.2, -0.15) is 0 Å². The molecule has 0 unspecified atom stereocenters. The number of furan rings is 1. The predicted octanol–water partition coefficient (Wildman–Crippen LogP) is 9.34. The van der Waals surface area contributed by atoms with Gasteiger partial charge >= 0.3 is 0 Å². The van der Waals surface area contributed by atoms with E-state index in [0.717, 1.165) is 33.3 Å². The molecule has 2 aliphatic heterocycles. The highest BCUT2D eigenvalue weighted by atomic mass is 16.3. The van der Waals surface area contributed by atoms with Gasteiger partial charge in [-0.15, -0.1) is 0 Å². The first-order valence-corrected chi connectivity index (χ1v) is 15.8. The molecule has 0 aliphatic carbocycles. The summed E-state index contributed by atoms with van der Waals surface area (Å²) in [6.07, 6.45) is 0. The van der Waals surface area contributed by atoms with E-state index >= 15 is 0 Å². The molecule has 0 saturated heterocycles. The quantitative estimate of drug-likeness (QED) is 0.192. The minimum atomic E-state index is 0.0296. The van der Waals surface area contributed by atoms with E-state index in [1.165, 1.54) is 50.3 Å². The molecular formula is C42H27BN2O. The van der Waals surface area contributed by atoms with Gasteiger partial charge in [-0.3, -0.25) is 0 Å². The number of hydrogen-bond donors (Lipinski definition) is 0. The first-order chi connectivity index (χ1) is 22.9. The van der Waals surface area contributed by atoms with Gasteiger partial charge in [0, 0.05) is 44.9 Å². The molecule has 0 fully saturated rings. The lowest BCUT2D eigenvalue weighted by atomic mass is 9.32.